The number of fused-ring (bicyclic) bond motifs is 4. The fraction of sp³-hybridized carbons (Fsp3) is 0.471. The first-order chi connectivity index (χ1) is 17.7. The normalized spacial score (nSPS) is 12.4. The Hall–Kier alpha value is -2.13. The van der Waals surface area contributed by atoms with E-state index >= 15 is 0 Å². The lowest BCUT2D eigenvalue weighted by molar-refractivity contribution is 0.112. The Kier molecular flexibility index (Phi) is 12.2. The Morgan fingerprint density at radius 3 is 1.81 bits per heavy atom. The van der Waals surface area contributed by atoms with Gasteiger partial charge in [0.25, 0.3) is 0 Å². The molecule has 0 saturated heterocycles. The molecule has 4 rings (SSSR count). The van der Waals surface area contributed by atoms with E-state index in [-0.39, 0.29) is 12.4 Å². The van der Waals surface area contributed by atoms with Crippen LogP contribution in [0.4, 0.5) is 0 Å². The van der Waals surface area contributed by atoms with Gasteiger partial charge < -0.3 is 10.0 Å². The van der Waals surface area contributed by atoms with Gasteiger partial charge in [-0.05, 0) is 69.9 Å². The van der Waals surface area contributed by atoms with Gasteiger partial charge in [0, 0.05) is 6.54 Å². The summed E-state index contributed by atoms with van der Waals surface area (Å²) in [5.74, 6) is 0. The molecule has 0 bridgehead atoms. The van der Waals surface area contributed by atoms with Crippen molar-refractivity contribution < 1.29 is 5.11 Å². The van der Waals surface area contributed by atoms with Crippen molar-refractivity contribution in [3.05, 3.63) is 72.3 Å². The number of nitrogens with zero attached hydrogens (tertiary/aromatic N) is 1. The Balaban J connectivity index is 0.00000380. The number of hydrogen-bond acceptors (Lipinski definition) is 2. The number of rotatable bonds is 15. The molecule has 1 N–H and O–H groups in total. The van der Waals surface area contributed by atoms with Gasteiger partial charge in [0.05, 0.1) is 6.10 Å². The van der Waals surface area contributed by atoms with Crippen molar-refractivity contribution in [2.75, 3.05) is 19.6 Å². The van der Waals surface area contributed by atoms with Gasteiger partial charge in [-0.1, -0.05) is 126 Å². The summed E-state index contributed by atoms with van der Waals surface area (Å²) in [7, 11) is 0. The molecule has 0 fully saturated rings. The van der Waals surface area contributed by atoms with Crippen LogP contribution in [0.5, 0.6) is 0 Å². The van der Waals surface area contributed by atoms with Crippen LogP contribution in [0.25, 0.3) is 32.3 Å². The van der Waals surface area contributed by atoms with Crippen LogP contribution in [0.2, 0.25) is 0 Å². The second-order valence-corrected chi connectivity index (χ2v) is 10.5. The van der Waals surface area contributed by atoms with Crippen molar-refractivity contribution >= 4 is 44.7 Å². The van der Waals surface area contributed by atoms with Crippen LogP contribution in [0.3, 0.4) is 0 Å². The fourth-order valence-electron chi connectivity index (χ4n) is 5.72. The monoisotopic (exact) mass is 519 g/mol. The molecule has 4 aromatic carbocycles. The van der Waals surface area contributed by atoms with Crippen molar-refractivity contribution in [3.8, 4) is 0 Å². The second-order valence-electron chi connectivity index (χ2n) is 10.5. The van der Waals surface area contributed by atoms with E-state index < -0.39 is 6.10 Å². The smallest absolute Gasteiger partial charge is 0.0928 e. The molecular formula is C34H46ClNO. The molecule has 0 amide bonds. The van der Waals surface area contributed by atoms with Crippen LogP contribution >= 0.6 is 12.4 Å². The summed E-state index contributed by atoms with van der Waals surface area (Å²) < 4.78 is 0. The number of aliphatic hydroxyl groups is 1. The quantitative estimate of drug-likeness (QED) is 0.0959. The largest absolute Gasteiger partial charge is 0.387 e. The van der Waals surface area contributed by atoms with E-state index in [2.05, 4.69) is 85.5 Å². The standard InChI is InChI=1S/C34H45NO.ClH/c1-3-5-7-9-15-23-35(24-16-10-8-6-4-2)26-33(36)34-30-20-14-12-18-28(30)25-32-29-19-13-11-17-27(29)21-22-31(32)34;/h11-14,17-22,25,33,36H,3-10,15-16,23-24,26H2,1-2H3;1H. The Morgan fingerprint density at radius 1 is 0.595 bits per heavy atom. The minimum atomic E-state index is -0.508. The van der Waals surface area contributed by atoms with Crippen LogP contribution in [-0.4, -0.2) is 29.6 Å². The lowest BCUT2D eigenvalue weighted by atomic mass is 9.90. The van der Waals surface area contributed by atoms with Gasteiger partial charge in [-0.25, -0.2) is 0 Å². The van der Waals surface area contributed by atoms with E-state index in [1.165, 1.54) is 96.5 Å². The molecule has 4 aromatic rings. The predicted octanol–water partition coefficient (Wildman–Crippen LogP) is 9.84. The summed E-state index contributed by atoms with van der Waals surface area (Å²) in [5.41, 5.74) is 1.09. The molecule has 0 aliphatic rings. The fourth-order valence-corrected chi connectivity index (χ4v) is 5.72. The van der Waals surface area contributed by atoms with Crippen molar-refractivity contribution in [2.45, 2.75) is 84.2 Å². The number of halogens is 1. The zero-order chi connectivity index (χ0) is 25.2. The predicted molar refractivity (Wildman–Crippen MR) is 165 cm³/mol. The molecule has 0 saturated carbocycles. The highest BCUT2D eigenvalue weighted by molar-refractivity contribution is 6.14. The van der Waals surface area contributed by atoms with Gasteiger partial charge >= 0.3 is 0 Å². The Morgan fingerprint density at radius 2 is 1.16 bits per heavy atom. The topological polar surface area (TPSA) is 23.5 Å². The maximum absolute atomic E-state index is 11.8. The van der Waals surface area contributed by atoms with E-state index in [0.717, 1.165) is 18.7 Å². The van der Waals surface area contributed by atoms with Crippen LogP contribution in [-0.2, 0) is 0 Å². The first-order valence-electron chi connectivity index (χ1n) is 14.5. The van der Waals surface area contributed by atoms with Crippen LogP contribution < -0.4 is 0 Å². The molecule has 0 aliphatic carbocycles. The molecule has 2 nitrogen and oxygen atoms in total. The maximum Gasteiger partial charge on any atom is 0.0928 e. The third kappa shape index (κ3) is 7.69. The highest BCUT2D eigenvalue weighted by Gasteiger charge is 2.19. The van der Waals surface area contributed by atoms with Gasteiger partial charge in [-0.3, -0.25) is 0 Å². The third-order valence-electron chi connectivity index (χ3n) is 7.73. The summed E-state index contributed by atoms with van der Waals surface area (Å²) in [6.07, 6.45) is 12.4. The summed E-state index contributed by atoms with van der Waals surface area (Å²) in [4.78, 5) is 2.54. The molecule has 200 valence electrons. The Bertz CT molecular complexity index is 1220. The molecule has 0 aromatic heterocycles. The molecular weight excluding hydrogens is 474 g/mol. The van der Waals surface area contributed by atoms with E-state index in [9.17, 15) is 5.11 Å². The van der Waals surface area contributed by atoms with Crippen LogP contribution in [0.1, 0.15) is 89.7 Å². The minimum absolute atomic E-state index is 0. The number of benzene rings is 4. The number of unbranched alkanes of at least 4 members (excludes halogenated alkanes) is 8. The SMILES string of the molecule is CCCCCCCN(CCCCCCC)CC(O)c1c2ccccc2cc2c1ccc1ccccc12.Cl. The summed E-state index contributed by atoms with van der Waals surface area (Å²) in [5, 5.41) is 19.1. The minimum Gasteiger partial charge on any atom is -0.387 e. The second kappa shape index (κ2) is 15.3. The van der Waals surface area contributed by atoms with Crippen molar-refractivity contribution in [3.63, 3.8) is 0 Å². The molecule has 0 aliphatic heterocycles. The van der Waals surface area contributed by atoms with Gasteiger partial charge in [-0.15, -0.1) is 12.4 Å². The summed E-state index contributed by atoms with van der Waals surface area (Å²) >= 11 is 0. The van der Waals surface area contributed by atoms with E-state index in [0.29, 0.717) is 6.54 Å². The summed E-state index contributed by atoms with van der Waals surface area (Å²) in [6.45, 7) is 7.42. The van der Waals surface area contributed by atoms with Gasteiger partial charge in [0.2, 0.25) is 0 Å². The maximum atomic E-state index is 11.8. The molecule has 37 heavy (non-hydrogen) atoms. The first-order valence-corrected chi connectivity index (χ1v) is 14.5. The first kappa shape index (κ1) is 29.4. The average molecular weight is 520 g/mol. The van der Waals surface area contributed by atoms with Crippen molar-refractivity contribution in [2.24, 2.45) is 0 Å². The highest BCUT2D eigenvalue weighted by atomic mass is 35.5. The molecule has 3 heteroatoms. The molecule has 1 atom stereocenters. The lowest BCUT2D eigenvalue weighted by Crippen LogP contribution is -2.31. The van der Waals surface area contributed by atoms with Crippen molar-refractivity contribution in [1.29, 1.82) is 0 Å². The van der Waals surface area contributed by atoms with E-state index in [1.54, 1.807) is 0 Å². The van der Waals surface area contributed by atoms with Gasteiger partial charge in [-0.2, -0.15) is 0 Å². The molecule has 0 heterocycles. The van der Waals surface area contributed by atoms with Crippen LogP contribution in [0.15, 0.2) is 66.7 Å². The zero-order valence-corrected chi connectivity index (χ0v) is 23.7. The average Bonchev–Trinajstić information content (AvgIpc) is 2.91. The third-order valence-corrected chi connectivity index (χ3v) is 7.73. The van der Waals surface area contributed by atoms with Gasteiger partial charge in [0.15, 0.2) is 0 Å². The zero-order valence-electron chi connectivity index (χ0n) is 22.9. The highest BCUT2D eigenvalue weighted by Crippen LogP contribution is 2.36. The van der Waals surface area contributed by atoms with Crippen molar-refractivity contribution in [1.82, 2.24) is 4.90 Å². The van der Waals surface area contributed by atoms with Crippen LogP contribution in [0, 0.1) is 0 Å². The number of hydrogen-bond donors (Lipinski definition) is 1. The lowest BCUT2D eigenvalue weighted by Gasteiger charge is -2.27. The van der Waals surface area contributed by atoms with E-state index in [4.69, 9.17) is 0 Å². The van der Waals surface area contributed by atoms with Gasteiger partial charge in [0.1, 0.15) is 0 Å². The molecule has 1 unspecified atom stereocenters. The summed E-state index contributed by atoms with van der Waals surface area (Å²) in [6, 6.07) is 23.9. The Labute approximate surface area is 230 Å². The molecule has 0 radical (unpaired) electrons. The number of aliphatic hydroxyl groups excluding tert-OH is 1. The molecule has 0 spiro atoms. The van der Waals surface area contributed by atoms with E-state index in [1.807, 2.05) is 0 Å².